The molecule has 4 heteroatoms. The topological polar surface area (TPSA) is 43.1 Å². The van der Waals surface area contributed by atoms with Crippen LogP contribution >= 0.6 is 0 Å². The van der Waals surface area contributed by atoms with Gasteiger partial charge in [0.25, 0.3) is 0 Å². The number of hydrogen-bond acceptors (Lipinski definition) is 2. The van der Waals surface area contributed by atoms with Gasteiger partial charge in [-0.2, -0.15) is 0 Å². The molecule has 0 aliphatic rings. The van der Waals surface area contributed by atoms with Crippen LogP contribution < -0.4 is 5.73 Å². The monoisotopic (exact) mass is 171 g/mol. The van der Waals surface area contributed by atoms with Gasteiger partial charge in [-0.25, -0.2) is 8.78 Å². The first-order chi connectivity index (χ1) is 5.63. The maximum atomic E-state index is 11.9. The fourth-order valence-corrected chi connectivity index (χ4v) is 0.839. The van der Waals surface area contributed by atoms with Crippen LogP contribution in [0.4, 0.5) is 14.5 Å². The molecule has 1 aromatic carbocycles. The lowest BCUT2D eigenvalue weighted by atomic mass is 10.1. The van der Waals surface area contributed by atoms with Crippen molar-refractivity contribution in [1.29, 1.82) is 0 Å². The molecule has 0 spiro atoms. The van der Waals surface area contributed by atoms with Crippen molar-refractivity contribution in [2.75, 3.05) is 5.73 Å². The number of para-hydroxylation sites is 1. The maximum absolute atomic E-state index is 11.9. The van der Waals surface area contributed by atoms with Gasteiger partial charge in [-0.15, -0.1) is 0 Å². The Morgan fingerprint density at radius 1 is 1.33 bits per heavy atom. The number of benzene rings is 1. The molecular formula is C8H7F2NO. The standard InChI is InChI=1S/C8H7F2NO/c9-8(10)7(12)5-3-1-2-4-6(5)11/h1-4,8H,11H2. The van der Waals surface area contributed by atoms with Gasteiger partial charge in [-0.3, -0.25) is 4.79 Å². The van der Waals surface area contributed by atoms with E-state index in [1.54, 1.807) is 6.07 Å². The molecule has 64 valence electrons. The fraction of sp³-hybridized carbons (Fsp3) is 0.125. The van der Waals surface area contributed by atoms with Gasteiger partial charge >= 0.3 is 6.43 Å². The highest BCUT2D eigenvalue weighted by Crippen LogP contribution is 2.14. The van der Waals surface area contributed by atoms with Crippen molar-refractivity contribution in [3.8, 4) is 0 Å². The Hall–Kier alpha value is -1.45. The van der Waals surface area contributed by atoms with E-state index in [0.717, 1.165) is 0 Å². The second kappa shape index (κ2) is 3.30. The molecule has 0 fully saturated rings. The number of halogens is 2. The Labute approximate surface area is 68.0 Å². The number of ketones is 1. The molecule has 0 saturated heterocycles. The number of hydrogen-bond donors (Lipinski definition) is 1. The minimum absolute atomic E-state index is 0.0859. The summed E-state index contributed by atoms with van der Waals surface area (Å²) in [4.78, 5) is 10.7. The van der Waals surface area contributed by atoms with Gasteiger partial charge in [0, 0.05) is 11.3 Å². The molecular weight excluding hydrogens is 164 g/mol. The van der Waals surface area contributed by atoms with Crippen LogP contribution in [0, 0.1) is 0 Å². The average Bonchev–Trinajstić information content (AvgIpc) is 2.04. The molecule has 0 amide bonds. The zero-order valence-corrected chi connectivity index (χ0v) is 6.13. The number of nitrogen functional groups attached to an aromatic ring is 1. The van der Waals surface area contributed by atoms with E-state index in [1.165, 1.54) is 18.2 Å². The summed E-state index contributed by atoms with van der Waals surface area (Å²) in [6.45, 7) is 0. The molecule has 2 N–H and O–H groups in total. The van der Waals surface area contributed by atoms with Crippen molar-refractivity contribution in [1.82, 2.24) is 0 Å². The molecule has 0 unspecified atom stereocenters. The smallest absolute Gasteiger partial charge is 0.300 e. The minimum atomic E-state index is -2.99. The number of Topliss-reactive ketones (excluding diaryl/α,β-unsaturated/α-hetero) is 1. The van der Waals surface area contributed by atoms with E-state index in [9.17, 15) is 13.6 Å². The predicted molar refractivity (Wildman–Crippen MR) is 41.2 cm³/mol. The van der Waals surface area contributed by atoms with Crippen molar-refractivity contribution in [3.05, 3.63) is 29.8 Å². The number of rotatable bonds is 2. The Morgan fingerprint density at radius 3 is 2.42 bits per heavy atom. The molecule has 0 aliphatic heterocycles. The summed E-state index contributed by atoms with van der Waals surface area (Å²) in [5.41, 5.74) is 5.27. The lowest BCUT2D eigenvalue weighted by Gasteiger charge is -2.01. The van der Waals surface area contributed by atoms with Crippen LogP contribution in [-0.4, -0.2) is 12.2 Å². The Morgan fingerprint density at radius 2 is 1.92 bits per heavy atom. The van der Waals surface area contributed by atoms with Crippen LogP contribution in [0.2, 0.25) is 0 Å². The molecule has 0 heterocycles. The van der Waals surface area contributed by atoms with Crippen molar-refractivity contribution >= 4 is 11.5 Å². The number of nitrogens with two attached hydrogens (primary N) is 1. The molecule has 12 heavy (non-hydrogen) atoms. The summed E-state index contributed by atoms with van der Waals surface area (Å²) in [6.07, 6.45) is -2.99. The third-order valence-electron chi connectivity index (χ3n) is 1.42. The van der Waals surface area contributed by atoms with Gasteiger partial charge in [0.2, 0.25) is 5.78 Å². The highest BCUT2D eigenvalue weighted by Gasteiger charge is 2.19. The van der Waals surface area contributed by atoms with Gasteiger partial charge in [0.1, 0.15) is 0 Å². The summed E-state index contributed by atoms with van der Waals surface area (Å²) in [6, 6.07) is 5.77. The first-order valence-corrected chi connectivity index (χ1v) is 3.30. The van der Waals surface area contributed by atoms with E-state index in [0.29, 0.717) is 0 Å². The molecule has 0 aliphatic carbocycles. The summed E-state index contributed by atoms with van der Waals surface area (Å²) in [5.74, 6) is -1.23. The zero-order valence-electron chi connectivity index (χ0n) is 6.13. The van der Waals surface area contributed by atoms with Crippen LogP contribution in [0.3, 0.4) is 0 Å². The zero-order chi connectivity index (χ0) is 9.14. The molecule has 0 saturated carbocycles. The van der Waals surface area contributed by atoms with Crippen molar-refractivity contribution in [2.45, 2.75) is 6.43 Å². The predicted octanol–water partition coefficient (Wildman–Crippen LogP) is 1.72. The average molecular weight is 171 g/mol. The van der Waals surface area contributed by atoms with E-state index >= 15 is 0 Å². The second-order valence-corrected chi connectivity index (χ2v) is 2.25. The summed E-state index contributed by atoms with van der Waals surface area (Å²) in [5, 5.41) is 0. The molecule has 0 bridgehead atoms. The maximum Gasteiger partial charge on any atom is 0.300 e. The number of alkyl halides is 2. The van der Waals surface area contributed by atoms with Crippen LogP contribution in [-0.2, 0) is 0 Å². The third kappa shape index (κ3) is 1.58. The van der Waals surface area contributed by atoms with Crippen molar-refractivity contribution in [3.63, 3.8) is 0 Å². The first kappa shape index (κ1) is 8.64. The second-order valence-electron chi connectivity index (χ2n) is 2.25. The third-order valence-corrected chi connectivity index (χ3v) is 1.42. The lowest BCUT2D eigenvalue weighted by Crippen LogP contribution is -2.12. The minimum Gasteiger partial charge on any atom is -0.398 e. The van der Waals surface area contributed by atoms with Crippen molar-refractivity contribution < 1.29 is 13.6 Å². The molecule has 0 radical (unpaired) electrons. The molecule has 0 aromatic heterocycles. The normalized spacial score (nSPS) is 10.2. The van der Waals surface area contributed by atoms with Gasteiger partial charge in [0.05, 0.1) is 0 Å². The summed E-state index contributed by atoms with van der Waals surface area (Å²) < 4.78 is 23.8. The Bertz CT molecular complexity index is 299. The van der Waals surface area contributed by atoms with Crippen LogP contribution in [0.5, 0.6) is 0 Å². The summed E-state index contributed by atoms with van der Waals surface area (Å²) in [7, 11) is 0. The molecule has 1 aromatic rings. The molecule has 0 atom stereocenters. The highest BCUT2D eigenvalue weighted by molar-refractivity contribution is 6.02. The molecule has 2 nitrogen and oxygen atoms in total. The Kier molecular flexibility index (Phi) is 2.38. The van der Waals surface area contributed by atoms with Gasteiger partial charge in [-0.1, -0.05) is 12.1 Å². The van der Waals surface area contributed by atoms with E-state index in [-0.39, 0.29) is 11.3 Å². The number of carbonyl (C=O) groups excluding carboxylic acids is 1. The molecule has 1 rings (SSSR count). The van der Waals surface area contributed by atoms with Crippen LogP contribution in [0.25, 0.3) is 0 Å². The summed E-state index contributed by atoms with van der Waals surface area (Å²) >= 11 is 0. The number of anilines is 1. The largest absolute Gasteiger partial charge is 0.398 e. The van der Waals surface area contributed by atoms with E-state index < -0.39 is 12.2 Å². The Balaban J connectivity index is 3.03. The SMILES string of the molecule is Nc1ccccc1C(=O)C(F)F. The quantitative estimate of drug-likeness (QED) is 0.543. The highest BCUT2D eigenvalue weighted by atomic mass is 19.3. The van der Waals surface area contributed by atoms with Crippen LogP contribution in [0.15, 0.2) is 24.3 Å². The van der Waals surface area contributed by atoms with E-state index in [4.69, 9.17) is 5.73 Å². The van der Waals surface area contributed by atoms with Crippen molar-refractivity contribution in [2.24, 2.45) is 0 Å². The lowest BCUT2D eigenvalue weighted by molar-refractivity contribution is 0.0679. The van der Waals surface area contributed by atoms with Crippen LogP contribution in [0.1, 0.15) is 10.4 Å². The van der Waals surface area contributed by atoms with E-state index in [1.807, 2.05) is 0 Å². The van der Waals surface area contributed by atoms with Gasteiger partial charge in [-0.05, 0) is 12.1 Å². The van der Waals surface area contributed by atoms with Gasteiger partial charge < -0.3 is 5.73 Å². The van der Waals surface area contributed by atoms with Gasteiger partial charge in [0.15, 0.2) is 0 Å². The first-order valence-electron chi connectivity index (χ1n) is 3.30. The number of carbonyl (C=O) groups is 1. The fourth-order valence-electron chi connectivity index (χ4n) is 0.839. The van der Waals surface area contributed by atoms with E-state index in [2.05, 4.69) is 0 Å².